The molecule has 5 aromatic rings. The maximum atomic E-state index is 13.3. The minimum atomic E-state index is -3.75. The number of imidazole rings is 1. The molecule has 4 heterocycles. The fourth-order valence-corrected chi connectivity index (χ4v) is 6.21. The summed E-state index contributed by atoms with van der Waals surface area (Å²) >= 11 is 0. The number of likely N-dealkylation sites (tertiary alicyclic amines) is 1. The second kappa shape index (κ2) is 8.07. The lowest BCUT2D eigenvalue weighted by Gasteiger charge is -2.16. The molecule has 1 aliphatic heterocycles. The Morgan fingerprint density at radius 2 is 1.76 bits per heavy atom. The molecule has 0 amide bonds. The summed E-state index contributed by atoms with van der Waals surface area (Å²) in [6.07, 6.45) is 6.20. The van der Waals surface area contributed by atoms with Crippen molar-refractivity contribution >= 4 is 26.8 Å². The third-order valence-corrected chi connectivity index (χ3v) is 8.36. The number of nitrogens with zero attached hydrogens (tertiary/aromatic N) is 5. The van der Waals surface area contributed by atoms with Gasteiger partial charge in [0.05, 0.1) is 16.6 Å². The van der Waals surface area contributed by atoms with E-state index in [0.717, 1.165) is 48.5 Å². The van der Waals surface area contributed by atoms with Gasteiger partial charge in [0.15, 0.2) is 11.3 Å². The van der Waals surface area contributed by atoms with Gasteiger partial charge in [-0.05, 0) is 43.7 Å². The molecule has 0 bridgehead atoms. The fraction of sp³-hybridized carbons (Fsp3) is 0.231. The van der Waals surface area contributed by atoms with Crippen LogP contribution in [0, 0.1) is 6.92 Å². The molecule has 3 aromatic heterocycles. The number of hydrogen-bond donors (Lipinski definition) is 0. The standard InChI is InChI=1S/C26H25N5O2S/c1-19-7-9-22(10-8-19)34(32,33)30-14-12-23-26(30)28-16-25-27-15-24(31(23)25)21-11-13-29(18-21)17-20-5-3-2-4-6-20/h2-10,12,14-16,21H,11,13,17-18H2,1H3. The number of rotatable bonds is 5. The normalized spacial score (nSPS) is 17.1. The van der Waals surface area contributed by atoms with Crippen molar-refractivity contribution < 1.29 is 8.42 Å². The molecule has 7 nitrogen and oxygen atoms in total. The molecule has 0 aliphatic carbocycles. The third-order valence-electron chi connectivity index (χ3n) is 6.68. The minimum absolute atomic E-state index is 0.246. The summed E-state index contributed by atoms with van der Waals surface area (Å²) in [5.41, 5.74) is 5.31. The molecule has 0 spiro atoms. The van der Waals surface area contributed by atoms with E-state index in [9.17, 15) is 8.42 Å². The van der Waals surface area contributed by atoms with Gasteiger partial charge in [0.25, 0.3) is 10.0 Å². The number of hydrogen-bond acceptors (Lipinski definition) is 5. The SMILES string of the molecule is Cc1ccc(S(=O)(=O)n2ccc3c2ncc2ncc(C4CCN(Cc5ccccc5)C4)n23)cc1. The third kappa shape index (κ3) is 3.50. The topological polar surface area (TPSA) is 72.5 Å². The number of aromatic nitrogens is 4. The van der Waals surface area contributed by atoms with E-state index in [1.165, 1.54) is 9.54 Å². The Balaban J connectivity index is 1.37. The lowest BCUT2D eigenvalue weighted by molar-refractivity contribution is 0.326. The first kappa shape index (κ1) is 21.1. The first-order valence-electron chi connectivity index (χ1n) is 11.4. The number of aryl methyl sites for hydroxylation is 1. The highest BCUT2D eigenvalue weighted by molar-refractivity contribution is 7.90. The van der Waals surface area contributed by atoms with Crippen LogP contribution in [0.2, 0.25) is 0 Å². The van der Waals surface area contributed by atoms with Gasteiger partial charge in [-0.15, -0.1) is 0 Å². The summed E-state index contributed by atoms with van der Waals surface area (Å²) in [6.45, 7) is 4.82. The molecule has 1 saturated heterocycles. The van der Waals surface area contributed by atoms with Crippen molar-refractivity contribution in [1.29, 1.82) is 0 Å². The van der Waals surface area contributed by atoms with Crippen LogP contribution in [0.4, 0.5) is 0 Å². The second-order valence-electron chi connectivity index (χ2n) is 8.98. The summed E-state index contributed by atoms with van der Waals surface area (Å²) < 4.78 is 30.0. The Bertz CT molecular complexity index is 1590. The van der Waals surface area contributed by atoms with Crippen LogP contribution in [-0.4, -0.2) is 44.7 Å². The molecule has 1 aliphatic rings. The Hall–Kier alpha value is -3.49. The molecule has 0 N–H and O–H groups in total. The lowest BCUT2D eigenvalue weighted by Crippen LogP contribution is -2.20. The Labute approximate surface area is 198 Å². The van der Waals surface area contributed by atoms with Gasteiger partial charge in [-0.25, -0.2) is 22.4 Å². The average Bonchev–Trinajstić information content (AvgIpc) is 3.57. The highest BCUT2D eigenvalue weighted by Gasteiger charge is 2.28. The van der Waals surface area contributed by atoms with E-state index in [2.05, 4.69) is 43.5 Å². The summed E-state index contributed by atoms with van der Waals surface area (Å²) in [6, 6.07) is 19.2. The van der Waals surface area contributed by atoms with Crippen molar-refractivity contribution in [2.24, 2.45) is 0 Å². The van der Waals surface area contributed by atoms with Gasteiger partial charge in [0, 0.05) is 37.1 Å². The summed E-state index contributed by atoms with van der Waals surface area (Å²) in [5, 5.41) is 0. The van der Waals surface area contributed by atoms with Crippen molar-refractivity contribution in [3.63, 3.8) is 0 Å². The molecule has 0 saturated carbocycles. The smallest absolute Gasteiger partial charge is 0.269 e. The Morgan fingerprint density at radius 3 is 2.56 bits per heavy atom. The molecular formula is C26H25N5O2S. The molecule has 34 heavy (non-hydrogen) atoms. The van der Waals surface area contributed by atoms with Crippen LogP contribution in [-0.2, 0) is 16.6 Å². The fourth-order valence-electron chi connectivity index (χ4n) is 4.91. The maximum absolute atomic E-state index is 13.3. The average molecular weight is 472 g/mol. The van der Waals surface area contributed by atoms with Gasteiger partial charge in [0.2, 0.25) is 0 Å². The Morgan fingerprint density at radius 1 is 0.971 bits per heavy atom. The predicted octanol–water partition coefficient (Wildman–Crippen LogP) is 4.22. The first-order valence-corrected chi connectivity index (χ1v) is 12.9. The van der Waals surface area contributed by atoms with Crippen molar-refractivity contribution in [2.75, 3.05) is 13.1 Å². The van der Waals surface area contributed by atoms with E-state index < -0.39 is 10.0 Å². The zero-order chi connectivity index (χ0) is 23.3. The molecule has 1 atom stereocenters. The van der Waals surface area contributed by atoms with Crippen molar-refractivity contribution in [1.82, 2.24) is 23.2 Å². The molecule has 1 unspecified atom stereocenters. The van der Waals surface area contributed by atoms with Gasteiger partial charge in [0.1, 0.15) is 0 Å². The van der Waals surface area contributed by atoms with Crippen LogP contribution in [0.5, 0.6) is 0 Å². The lowest BCUT2D eigenvalue weighted by atomic mass is 10.1. The zero-order valence-corrected chi connectivity index (χ0v) is 19.7. The van der Waals surface area contributed by atoms with Gasteiger partial charge in [-0.2, -0.15) is 0 Å². The van der Waals surface area contributed by atoms with E-state index >= 15 is 0 Å². The van der Waals surface area contributed by atoms with E-state index in [0.29, 0.717) is 11.6 Å². The molecule has 1 fully saturated rings. The maximum Gasteiger partial charge on any atom is 0.269 e. The van der Waals surface area contributed by atoms with Gasteiger partial charge in [-0.1, -0.05) is 48.0 Å². The highest BCUT2D eigenvalue weighted by atomic mass is 32.2. The van der Waals surface area contributed by atoms with Crippen LogP contribution >= 0.6 is 0 Å². The van der Waals surface area contributed by atoms with Gasteiger partial charge < -0.3 is 0 Å². The largest absolute Gasteiger partial charge is 0.298 e. The van der Waals surface area contributed by atoms with E-state index in [4.69, 9.17) is 0 Å². The van der Waals surface area contributed by atoms with E-state index in [-0.39, 0.29) is 4.90 Å². The highest BCUT2D eigenvalue weighted by Crippen LogP contribution is 2.31. The molecule has 8 heteroatoms. The summed E-state index contributed by atoms with van der Waals surface area (Å²) in [5.74, 6) is 0.321. The molecule has 172 valence electrons. The van der Waals surface area contributed by atoms with Crippen molar-refractivity contribution in [3.8, 4) is 0 Å². The van der Waals surface area contributed by atoms with Crippen LogP contribution in [0.1, 0.15) is 29.2 Å². The second-order valence-corrected chi connectivity index (χ2v) is 10.8. The van der Waals surface area contributed by atoms with Crippen LogP contribution in [0.25, 0.3) is 16.8 Å². The van der Waals surface area contributed by atoms with Gasteiger partial charge in [-0.3, -0.25) is 9.30 Å². The molecular weight excluding hydrogens is 446 g/mol. The first-order chi connectivity index (χ1) is 16.5. The quantitative estimate of drug-likeness (QED) is 0.384. The van der Waals surface area contributed by atoms with E-state index in [1.54, 1.807) is 36.7 Å². The zero-order valence-electron chi connectivity index (χ0n) is 18.9. The van der Waals surface area contributed by atoms with Crippen molar-refractivity contribution in [3.05, 3.63) is 96.1 Å². The van der Waals surface area contributed by atoms with Crippen LogP contribution in [0.15, 0.2) is 84.1 Å². The Kier molecular flexibility index (Phi) is 5.00. The van der Waals surface area contributed by atoms with Crippen LogP contribution < -0.4 is 0 Å². The van der Waals surface area contributed by atoms with Crippen LogP contribution in [0.3, 0.4) is 0 Å². The summed E-state index contributed by atoms with van der Waals surface area (Å²) in [7, 11) is -3.75. The molecule has 2 aromatic carbocycles. The number of benzene rings is 2. The van der Waals surface area contributed by atoms with E-state index in [1.807, 2.05) is 25.3 Å². The number of fused-ring (bicyclic) bond motifs is 3. The molecule has 6 rings (SSSR count). The minimum Gasteiger partial charge on any atom is -0.298 e. The summed E-state index contributed by atoms with van der Waals surface area (Å²) in [4.78, 5) is 11.8. The van der Waals surface area contributed by atoms with Crippen molar-refractivity contribution in [2.45, 2.75) is 30.7 Å². The molecule has 0 radical (unpaired) electrons. The predicted molar refractivity (Wildman–Crippen MR) is 131 cm³/mol. The monoisotopic (exact) mass is 471 g/mol. The van der Waals surface area contributed by atoms with Gasteiger partial charge >= 0.3 is 0 Å².